The standard InChI is InChI=1S/C11H13N5O2S/c1-7-5-14-11(19-7)6-13-10-4-8(16(17)18)3-9(12-2)15-10/h3-5H,6H2,1-2H3,(H2,12,13,15). The molecule has 2 rings (SSSR count). The minimum atomic E-state index is -0.443. The average molecular weight is 279 g/mol. The highest BCUT2D eigenvalue weighted by Crippen LogP contribution is 2.21. The van der Waals surface area contributed by atoms with E-state index < -0.39 is 4.92 Å². The second-order valence-electron chi connectivity index (χ2n) is 3.82. The SMILES string of the molecule is CNc1cc([N+](=O)[O-])cc(NCc2ncc(C)s2)n1. The van der Waals surface area contributed by atoms with Crippen LogP contribution in [0.5, 0.6) is 0 Å². The summed E-state index contributed by atoms with van der Waals surface area (Å²) in [5, 5.41) is 17.6. The van der Waals surface area contributed by atoms with Crippen LogP contribution in [0.15, 0.2) is 18.3 Å². The molecule has 0 atom stereocenters. The van der Waals surface area contributed by atoms with E-state index in [1.807, 2.05) is 6.92 Å². The summed E-state index contributed by atoms with van der Waals surface area (Å²) in [4.78, 5) is 19.9. The Balaban J connectivity index is 2.15. The van der Waals surface area contributed by atoms with E-state index in [0.717, 1.165) is 9.88 Å². The molecule has 0 spiro atoms. The summed E-state index contributed by atoms with van der Waals surface area (Å²) in [6.45, 7) is 2.47. The van der Waals surface area contributed by atoms with Gasteiger partial charge in [0.05, 0.1) is 23.6 Å². The van der Waals surface area contributed by atoms with Gasteiger partial charge in [-0.15, -0.1) is 11.3 Å². The Hall–Kier alpha value is -2.22. The van der Waals surface area contributed by atoms with Crippen molar-refractivity contribution < 1.29 is 4.92 Å². The Bertz CT molecular complexity index is 599. The maximum atomic E-state index is 10.8. The Morgan fingerprint density at radius 2 is 2.16 bits per heavy atom. The zero-order valence-corrected chi connectivity index (χ0v) is 11.3. The van der Waals surface area contributed by atoms with E-state index in [1.165, 1.54) is 12.1 Å². The number of aromatic nitrogens is 2. The average Bonchev–Trinajstić information content (AvgIpc) is 2.81. The molecule has 0 amide bonds. The lowest BCUT2D eigenvalue weighted by Crippen LogP contribution is -2.04. The van der Waals surface area contributed by atoms with Crippen molar-refractivity contribution in [2.45, 2.75) is 13.5 Å². The van der Waals surface area contributed by atoms with Crippen LogP contribution in [-0.2, 0) is 6.54 Å². The summed E-state index contributed by atoms with van der Waals surface area (Å²) >= 11 is 1.58. The molecule has 0 aliphatic heterocycles. The van der Waals surface area contributed by atoms with Gasteiger partial charge in [-0.1, -0.05) is 0 Å². The molecule has 2 N–H and O–H groups in total. The van der Waals surface area contributed by atoms with E-state index in [2.05, 4.69) is 20.6 Å². The molecule has 0 aliphatic carbocycles. The van der Waals surface area contributed by atoms with Crippen molar-refractivity contribution >= 4 is 28.7 Å². The van der Waals surface area contributed by atoms with Gasteiger partial charge in [-0.05, 0) is 6.92 Å². The molecule has 0 saturated carbocycles. The number of pyridine rings is 1. The fraction of sp³-hybridized carbons (Fsp3) is 0.273. The third-order valence-corrected chi connectivity index (χ3v) is 3.28. The monoisotopic (exact) mass is 279 g/mol. The third kappa shape index (κ3) is 3.38. The quantitative estimate of drug-likeness (QED) is 0.645. The summed E-state index contributed by atoms with van der Waals surface area (Å²) < 4.78 is 0. The molecule has 7 nitrogen and oxygen atoms in total. The van der Waals surface area contributed by atoms with Gasteiger partial charge in [0.15, 0.2) is 0 Å². The van der Waals surface area contributed by atoms with Crippen LogP contribution < -0.4 is 10.6 Å². The molecule has 0 aromatic carbocycles. The van der Waals surface area contributed by atoms with Crippen molar-refractivity contribution in [1.29, 1.82) is 0 Å². The van der Waals surface area contributed by atoms with Crippen LogP contribution in [0.1, 0.15) is 9.88 Å². The lowest BCUT2D eigenvalue weighted by molar-refractivity contribution is -0.384. The van der Waals surface area contributed by atoms with E-state index in [-0.39, 0.29) is 5.69 Å². The first-order chi connectivity index (χ1) is 9.08. The van der Waals surface area contributed by atoms with E-state index >= 15 is 0 Å². The number of nitrogens with zero attached hydrogens (tertiary/aromatic N) is 3. The number of hydrogen-bond acceptors (Lipinski definition) is 7. The fourth-order valence-electron chi connectivity index (χ4n) is 1.49. The number of nitro groups is 1. The van der Waals surface area contributed by atoms with Crippen LogP contribution in [0.2, 0.25) is 0 Å². The van der Waals surface area contributed by atoms with Gasteiger partial charge < -0.3 is 10.6 Å². The molecule has 0 aliphatic rings. The highest BCUT2D eigenvalue weighted by Gasteiger charge is 2.10. The second kappa shape index (κ2) is 5.61. The van der Waals surface area contributed by atoms with Gasteiger partial charge in [0.25, 0.3) is 5.69 Å². The van der Waals surface area contributed by atoms with Gasteiger partial charge in [-0.2, -0.15) is 0 Å². The van der Waals surface area contributed by atoms with Crippen LogP contribution >= 0.6 is 11.3 Å². The van der Waals surface area contributed by atoms with Crippen molar-refractivity contribution in [2.24, 2.45) is 0 Å². The fourth-order valence-corrected chi connectivity index (χ4v) is 2.22. The van der Waals surface area contributed by atoms with Gasteiger partial charge in [0, 0.05) is 18.1 Å². The highest BCUT2D eigenvalue weighted by molar-refractivity contribution is 7.11. The lowest BCUT2D eigenvalue weighted by atomic mass is 10.3. The van der Waals surface area contributed by atoms with Crippen LogP contribution in [0, 0.1) is 17.0 Å². The maximum Gasteiger partial charge on any atom is 0.276 e. The first-order valence-electron chi connectivity index (χ1n) is 5.58. The molecule has 0 bridgehead atoms. The second-order valence-corrected chi connectivity index (χ2v) is 5.14. The summed E-state index contributed by atoms with van der Waals surface area (Å²) in [6.07, 6.45) is 1.79. The Morgan fingerprint density at radius 1 is 1.42 bits per heavy atom. The third-order valence-electron chi connectivity index (χ3n) is 2.37. The van der Waals surface area contributed by atoms with E-state index in [0.29, 0.717) is 18.2 Å². The van der Waals surface area contributed by atoms with Crippen molar-refractivity contribution in [3.8, 4) is 0 Å². The molecular formula is C11H13N5O2S. The first-order valence-corrected chi connectivity index (χ1v) is 6.39. The Morgan fingerprint density at radius 3 is 2.74 bits per heavy atom. The van der Waals surface area contributed by atoms with E-state index in [1.54, 1.807) is 24.6 Å². The van der Waals surface area contributed by atoms with Crippen LogP contribution in [0.25, 0.3) is 0 Å². The minimum absolute atomic E-state index is 0.00262. The van der Waals surface area contributed by atoms with Gasteiger partial charge >= 0.3 is 0 Å². The van der Waals surface area contributed by atoms with Crippen molar-refractivity contribution in [2.75, 3.05) is 17.7 Å². The van der Waals surface area contributed by atoms with Gasteiger partial charge in [-0.25, -0.2) is 9.97 Å². The molecule has 2 heterocycles. The molecule has 19 heavy (non-hydrogen) atoms. The summed E-state index contributed by atoms with van der Waals surface area (Å²) in [7, 11) is 1.67. The molecular weight excluding hydrogens is 266 g/mol. The number of nitrogens with one attached hydrogen (secondary N) is 2. The zero-order valence-electron chi connectivity index (χ0n) is 10.5. The van der Waals surface area contributed by atoms with Crippen molar-refractivity contribution in [3.05, 3.63) is 38.3 Å². The summed E-state index contributed by atoms with van der Waals surface area (Å²) in [6, 6.07) is 2.79. The van der Waals surface area contributed by atoms with Crippen LogP contribution in [0.3, 0.4) is 0 Å². The summed E-state index contributed by atoms with van der Waals surface area (Å²) in [5.74, 6) is 0.901. The van der Waals surface area contributed by atoms with Crippen LogP contribution in [0.4, 0.5) is 17.3 Å². The molecule has 100 valence electrons. The van der Waals surface area contributed by atoms with Gasteiger partial charge in [-0.3, -0.25) is 10.1 Å². The normalized spacial score (nSPS) is 10.2. The largest absolute Gasteiger partial charge is 0.373 e. The minimum Gasteiger partial charge on any atom is -0.373 e. The molecule has 0 fully saturated rings. The Labute approximate surface area is 113 Å². The predicted octanol–water partition coefficient (Wildman–Crippen LogP) is 2.41. The van der Waals surface area contributed by atoms with Crippen molar-refractivity contribution in [3.63, 3.8) is 0 Å². The van der Waals surface area contributed by atoms with Crippen LogP contribution in [-0.4, -0.2) is 21.9 Å². The number of thiazole rings is 1. The molecule has 0 saturated heterocycles. The lowest BCUT2D eigenvalue weighted by Gasteiger charge is -2.06. The molecule has 2 aromatic rings. The smallest absolute Gasteiger partial charge is 0.276 e. The maximum absolute atomic E-state index is 10.8. The van der Waals surface area contributed by atoms with Gasteiger partial charge in [0.2, 0.25) is 0 Å². The molecule has 8 heteroatoms. The number of aryl methyl sites for hydroxylation is 1. The summed E-state index contributed by atoms with van der Waals surface area (Å²) in [5.41, 5.74) is -0.00262. The predicted molar refractivity (Wildman–Crippen MR) is 74.6 cm³/mol. The number of rotatable bonds is 5. The topological polar surface area (TPSA) is 93.0 Å². The Kier molecular flexibility index (Phi) is 3.91. The first kappa shape index (κ1) is 13.2. The highest BCUT2D eigenvalue weighted by atomic mass is 32.1. The van der Waals surface area contributed by atoms with E-state index in [4.69, 9.17) is 0 Å². The van der Waals surface area contributed by atoms with Gasteiger partial charge in [0.1, 0.15) is 16.6 Å². The number of anilines is 2. The number of hydrogen-bond donors (Lipinski definition) is 2. The molecule has 0 radical (unpaired) electrons. The molecule has 0 unspecified atom stereocenters. The van der Waals surface area contributed by atoms with Crippen molar-refractivity contribution in [1.82, 2.24) is 9.97 Å². The zero-order chi connectivity index (χ0) is 13.8. The van der Waals surface area contributed by atoms with E-state index in [9.17, 15) is 10.1 Å². The molecule has 2 aromatic heterocycles.